The van der Waals surface area contributed by atoms with E-state index in [-0.39, 0.29) is 68.9 Å². The van der Waals surface area contributed by atoms with Gasteiger partial charge in [0.1, 0.15) is 23.6 Å². The predicted octanol–water partition coefficient (Wildman–Crippen LogP) is 4.86. The molecule has 3 fully saturated rings. The number of epoxide rings is 1. The topological polar surface area (TPSA) is 207 Å². The molecule has 0 spiro atoms. The molecule has 3 aliphatic heterocycles. The number of aliphatic hydroxyl groups is 3. The number of cyclic esters (lactones) is 1. The quantitative estimate of drug-likeness (QED) is 0.0398. The molecule has 0 bridgehead atoms. The summed E-state index contributed by atoms with van der Waals surface area (Å²) in [5.74, 6) is -3.65. The van der Waals surface area contributed by atoms with E-state index in [9.17, 15) is 20.1 Å². The molecule has 3 aliphatic rings. The number of esters is 1. The highest BCUT2D eigenvalue weighted by Gasteiger charge is 2.53. The van der Waals surface area contributed by atoms with E-state index in [4.69, 9.17) is 69.2 Å². The third kappa shape index (κ3) is 16.2. The van der Waals surface area contributed by atoms with Gasteiger partial charge in [0.15, 0.2) is 18.7 Å². The van der Waals surface area contributed by atoms with Gasteiger partial charge in [0.05, 0.1) is 80.2 Å². The number of rotatable bonds is 20. The number of aliphatic hydroxyl groups excluding tert-OH is 1. The number of ether oxygens (including phenoxy) is 11. The van der Waals surface area contributed by atoms with Crippen LogP contribution in [0, 0.1) is 23.7 Å². The Bertz CT molecular complexity index is 1670. The van der Waals surface area contributed by atoms with Crippen molar-refractivity contribution in [3.8, 4) is 5.75 Å². The predicted molar refractivity (Wildman–Crippen MR) is 251 cm³/mol. The molecule has 0 aromatic heterocycles. The Kier molecular flexibility index (Phi) is 22.6. The number of oxime groups is 1. The van der Waals surface area contributed by atoms with Crippen LogP contribution in [0.5, 0.6) is 5.75 Å². The first-order valence-corrected chi connectivity index (χ1v) is 24.0. The number of hydrogen-bond acceptors (Lipinski definition) is 19. The zero-order valence-electron chi connectivity index (χ0n) is 41.9. The summed E-state index contributed by atoms with van der Waals surface area (Å²) in [5, 5.41) is 41.6. The first-order valence-electron chi connectivity index (χ1n) is 23.6. The van der Waals surface area contributed by atoms with Crippen molar-refractivity contribution in [1.82, 2.24) is 4.90 Å². The molecule has 0 amide bonds. The van der Waals surface area contributed by atoms with E-state index >= 15 is 0 Å². The molecular weight excluding hydrogens is 893 g/mol. The molecule has 0 aliphatic carbocycles. The van der Waals surface area contributed by atoms with Crippen LogP contribution in [0.25, 0.3) is 0 Å². The van der Waals surface area contributed by atoms with Crippen LogP contribution in [0.15, 0.2) is 35.5 Å². The normalized spacial score (nSPS) is 37.0. The van der Waals surface area contributed by atoms with Gasteiger partial charge in [0.25, 0.3) is 0 Å². The minimum absolute atomic E-state index is 0.0310. The van der Waals surface area contributed by atoms with Gasteiger partial charge in [-0.3, -0.25) is 4.79 Å². The number of methoxy groups -OCH3 is 2. The average Bonchev–Trinajstić information content (AvgIpc) is 4.13. The Labute approximate surface area is 403 Å². The molecule has 1 aromatic carbocycles. The van der Waals surface area contributed by atoms with Gasteiger partial charge >= 0.3 is 11.2 Å². The fourth-order valence-electron chi connectivity index (χ4n) is 9.21. The molecule has 3 saturated heterocycles. The van der Waals surface area contributed by atoms with E-state index in [0.717, 1.165) is 0 Å². The van der Waals surface area contributed by atoms with Gasteiger partial charge in [-0.05, 0) is 80.1 Å². The lowest BCUT2D eigenvalue weighted by Gasteiger charge is -2.48. The van der Waals surface area contributed by atoms with Gasteiger partial charge in [0, 0.05) is 50.6 Å². The Morgan fingerprint density at radius 3 is 2.28 bits per heavy atom. The molecule has 67 heavy (non-hydrogen) atoms. The van der Waals surface area contributed by atoms with Crippen molar-refractivity contribution in [3.05, 3.63) is 30.3 Å². The molecule has 17 atom stereocenters. The zero-order valence-corrected chi connectivity index (χ0v) is 42.7. The van der Waals surface area contributed by atoms with Gasteiger partial charge in [0.2, 0.25) is 6.79 Å². The van der Waals surface area contributed by atoms with Crippen LogP contribution in [-0.2, 0) is 57.0 Å². The number of carbonyl (C=O) groups is 1. The van der Waals surface area contributed by atoms with Crippen molar-refractivity contribution in [2.24, 2.45) is 28.8 Å². The summed E-state index contributed by atoms with van der Waals surface area (Å²) < 4.78 is 67.2. The number of para-hydroxylation sites is 1. The second-order valence-electron chi connectivity index (χ2n) is 19.0. The maximum absolute atomic E-state index is 14.6. The van der Waals surface area contributed by atoms with Crippen LogP contribution in [0.2, 0.25) is 0 Å². The van der Waals surface area contributed by atoms with E-state index in [1.807, 2.05) is 64.9 Å². The number of hydrogen-bond donors (Lipinski definition) is 3. The van der Waals surface area contributed by atoms with E-state index in [0.29, 0.717) is 31.1 Å². The van der Waals surface area contributed by atoms with E-state index < -0.39 is 83.9 Å². The Hall–Kier alpha value is -2.63. The van der Waals surface area contributed by atoms with Crippen molar-refractivity contribution in [3.63, 3.8) is 0 Å². The molecule has 384 valence electrons. The second-order valence-corrected chi connectivity index (χ2v) is 19.3. The lowest BCUT2D eigenvalue weighted by Crippen LogP contribution is -2.61. The van der Waals surface area contributed by atoms with Crippen LogP contribution in [0.4, 0.5) is 0 Å². The largest absolute Gasteiger partial charge is 0.459 e. The molecular formula is C48H80N2O16S. The molecule has 4 rings (SSSR count). The standard InChI is InChI=1S/C48H80N2O16S/c1-14-37-48(9,54)42(51)30(4)39(49-59-27-57-23-22-56-13)28(2)25-47(8,53)43(31(5)40(32(6)44(52)63-37)64-38(20-21-55-12)61-33(7)36-26-58-36)66-45-41(35(50(10)11)24-29(3)60-45)65-46(67)62-34-18-16-15-17-19-34/h15-19,28-33,35-38,40-43,45,51,53-54H,14,20-27H2,1-13H3/b49-39+/t28-,29?,30+,31+,32-,33?,35?,36?,37-,38?,40+,41?,42-,43-,45?,47+,48-/m1/s1. The van der Waals surface area contributed by atoms with Crippen LogP contribution in [0.3, 0.4) is 0 Å². The summed E-state index contributed by atoms with van der Waals surface area (Å²) in [6.07, 6.45) is -7.76. The van der Waals surface area contributed by atoms with Gasteiger partial charge in [-0.25, -0.2) is 0 Å². The molecule has 3 N–H and O–H groups in total. The fraction of sp³-hybridized carbons (Fsp3) is 0.812. The number of nitrogens with zero attached hydrogens (tertiary/aromatic N) is 2. The highest BCUT2D eigenvalue weighted by molar-refractivity contribution is 7.79. The van der Waals surface area contributed by atoms with Crippen LogP contribution < -0.4 is 4.74 Å². The molecule has 19 heteroatoms. The van der Waals surface area contributed by atoms with Gasteiger partial charge < -0.3 is 77.2 Å². The number of carbonyl (C=O) groups excluding carboxylic acids is 1. The molecule has 7 unspecified atom stereocenters. The van der Waals surface area contributed by atoms with Gasteiger partial charge in [-0.15, -0.1) is 0 Å². The van der Waals surface area contributed by atoms with Crippen molar-refractivity contribution < 1.29 is 77.1 Å². The average molecular weight is 973 g/mol. The number of benzene rings is 1. The van der Waals surface area contributed by atoms with Crippen molar-refractivity contribution in [1.29, 1.82) is 0 Å². The van der Waals surface area contributed by atoms with Crippen LogP contribution in [0.1, 0.15) is 88.0 Å². The van der Waals surface area contributed by atoms with Gasteiger partial charge in [-0.2, -0.15) is 0 Å². The minimum Gasteiger partial charge on any atom is -0.459 e. The Balaban J connectivity index is 1.88. The molecule has 0 radical (unpaired) electrons. The fourth-order valence-corrected chi connectivity index (χ4v) is 9.41. The smallest absolute Gasteiger partial charge is 0.358 e. The first kappa shape index (κ1) is 57.0. The van der Waals surface area contributed by atoms with Gasteiger partial charge in [-0.1, -0.05) is 51.0 Å². The Morgan fingerprint density at radius 2 is 1.67 bits per heavy atom. The van der Waals surface area contributed by atoms with Crippen LogP contribution in [-0.4, -0.2) is 177 Å². The zero-order chi connectivity index (χ0) is 49.6. The summed E-state index contributed by atoms with van der Waals surface area (Å²) in [4.78, 5) is 22.3. The molecule has 1 aromatic rings. The summed E-state index contributed by atoms with van der Waals surface area (Å²) >= 11 is 5.66. The Morgan fingerprint density at radius 1 is 1.00 bits per heavy atom. The third-order valence-electron chi connectivity index (χ3n) is 13.1. The summed E-state index contributed by atoms with van der Waals surface area (Å²) in [6, 6.07) is 8.72. The van der Waals surface area contributed by atoms with E-state index in [2.05, 4.69) is 5.16 Å². The number of likely N-dealkylation sites (N-methyl/N-ethyl adjacent to an activating group) is 1. The maximum Gasteiger partial charge on any atom is 0.358 e. The molecule has 0 saturated carbocycles. The van der Waals surface area contributed by atoms with Crippen molar-refractivity contribution >= 4 is 29.1 Å². The van der Waals surface area contributed by atoms with Crippen LogP contribution >= 0.6 is 12.2 Å². The lowest BCUT2D eigenvalue weighted by atomic mass is 9.73. The van der Waals surface area contributed by atoms with Crippen molar-refractivity contribution in [2.45, 2.75) is 167 Å². The lowest BCUT2D eigenvalue weighted by molar-refractivity contribution is -0.304. The van der Waals surface area contributed by atoms with E-state index in [1.54, 1.807) is 54.0 Å². The highest BCUT2D eigenvalue weighted by Crippen LogP contribution is 2.40. The molecule has 18 nitrogen and oxygen atoms in total. The monoisotopic (exact) mass is 973 g/mol. The van der Waals surface area contributed by atoms with Crippen molar-refractivity contribution in [2.75, 3.05) is 61.5 Å². The van der Waals surface area contributed by atoms with E-state index in [1.165, 1.54) is 6.92 Å². The SMILES string of the molecule is CC[C@H]1OC(=O)[C@H](C)[C@@H](OC(CCOC)OC(C)C2CO2)[C@H](C)[C@@H](OC2OC(C)CC(N(C)C)C2OC(=S)Oc2ccccc2)[C@@](C)(O)C[C@@H](C)/C(=N\OCOCCOC)[C@H](C)[C@@H](O)[C@]1(C)O. The summed E-state index contributed by atoms with van der Waals surface area (Å²) in [6.45, 7) is 16.8. The second kappa shape index (κ2) is 26.5. The molecule has 3 heterocycles. The maximum atomic E-state index is 14.6. The number of thiocarbonyl (C=S) groups is 1. The summed E-state index contributed by atoms with van der Waals surface area (Å²) in [5.41, 5.74) is -3.45. The highest BCUT2D eigenvalue weighted by atomic mass is 32.1. The third-order valence-corrected chi connectivity index (χ3v) is 13.3. The summed E-state index contributed by atoms with van der Waals surface area (Å²) in [7, 11) is 6.97. The minimum atomic E-state index is -1.97. The first-order chi connectivity index (χ1) is 31.7.